The van der Waals surface area contributed by atoms with Gasteiger partial charge in [0, 0.05) is 17.5 Å². The quantitative estimate of drug-likeness (QED) is 0.563. The number of carbonyl (C=O) groups excluding carboxylic acids is 3. The number of nitrogens with zero attached hydrogens (tertiary/aromatic N) is 1. The standard InChI is InChI=1S/C25H21ClN2O4/c1-15-12-20(22(32-2)14-19(15)26)27-23(29)21(13-16-8-4-3-5-9-16)28-24(30)17-10-6-7-11-18(17)25(28)31/h3-12,14,21H,13H2,1-2H3,(H,27,29)/t21-/m1/s1. The predicted molar refractivity (Wildman–Crippen MR) is 122 cm³/mol. The number of imide groups is 1. The lowest BCUT2D eigenvalue weighted by Gasteiger charge is -2.26. The number of aryl methyl sites for hydroxylation is 1. The molecule has 0 saturated carbocycles. The first kappa shape index (κ1) is 21.6. The molecule has 0 radical (unpaired) electrons. The molecule has 32 heavy (non-hydrogen) atoms. The van der Waals surface area contributed by atoms with Gasteiger partial charge in [-0.25, -0.2) is 0 Å². The van der Waals surface area contributed by atoms with Crippen LogP contribution in [0.5, 0.6) is 5.75 Å². The number of nitrogens with one attached hydrogen (secondary N) is 1. The van der Waals surface area contributed by atoms with Crippen molar-refractivity contribution in [2.45, 2.75) is 19.4 Å². The van der Waals surface area contributed by atoms with Crippen LogP contribution in [0.2, 0.25) is 5.02 Å². The largest absolute Gasteiger partial charge is 0.495 e. The van der Waals surface area contributed by atoms with Crippen molar-refractivity contribution in [1.29, 1.82) is 0 Å². The normalized spacial score (nSPS) is 13.7. The van der Waals surface area contributed by atoms with Crippen LogP contribution < -0.4 is 10.1 Å². The van der Waals surface area contributed by atoms with Gasteiger partial charge in [0.15, 0.2) is 0 Å². The first-order valence-corrected chi connectivity index (χ1v) is 10.4. The van der Waals surface area contributed by atoms with Gasteiger partial charge in [-0.05, 0) is 36.2 Å². The molecule has 1 heterocycles. The van der Waals surface area contributed by atoms with Crippen molar-refractivity contribution < 1.29 is 19.1 Å². The van der Waals surface area contributed by atoms with Crippen molar-refractivity contribution in [3.63, 3.8) is 0 Å². The molecule has 1 N–H and O–H groups in total. The minimum absolute atomic E-state index is 0.174. The highest BCUT2D eigenvalue weighted by atomic mass is 35.5. The number of fused-ring (bicyclic) bond motifs is 1. The second kappa shape index (κ2) is 8.85. The molecule has 162 valence electrons. The summed E-state index contributed by atoms with van der Waals surface area (Å²) in [5.74, 6) is -1.08. The third-order valence-corrected chi connectivity index (χ3v) is 5.86. The summed E-state index contributed by atoms with van der Waals surface area (Å²) in [6, 6.07) is 18.1. The second-order valence-electron chi connectivity index (χ2n) is 7.52. The summed E-state index contributed by atoms with van der Waals surface area (Å²) in [6.45, 7) is 1.81. The van der Waals surface area contributed by atoms with Gasteiger partial charge in [-0.3, -0.25) is 19.3 Å². The van der Waals surface area contributed by atoms with Gasteiger partial charge in [-0.1, -0.05) is 54.1 Å². The number of methoxy groups -OCH3 is 1. The van der Waals surface area contributed by atoms with E-state index in [1.54, 1.807) is 36.4 Å². The van der Waals surface area contributed by atoms with Crippen LogP contribution in [-0.2, 0) is 11.2 Å². The van der Waals surface area contributed by atoms with Gasteiger partial charge in [0.2, 0.25) is 5.91 Å². The second-order valence-corrected chi connectivity index (χ2v) is 7.93. The molecule has 4 rings (SSSR count). The maximum atomic E-state index is 13.5. The zero-order valence-electron chi connectivity index (χ0n) is 17.6. The van der Waals surface area contributed by atoms with Crippen molar-refractivity contribution in [2.75, 3.05) is 12.4 Å². The Morgan fingerprint density at radius 3 is 2.19 bits per heavy atom. The van der Waals surface area contributed by atoms with Gasteiger partial charge >= 0.3 is 0 Å². The molecule has 3 aromatic rings. The van der Waals surface area contributed by atoms with Crippen LogP contribution in [-0.4, -0.2) is 35.8 Å². The first-order chi connectivity index (χ1) is 15.4. The van der Waals surface area contributed by atoms with Gasteiger partial charge < -0.3 is 10.1 Å². The molecule has 0 bridgehead atoms. The summed E-state index contributed by atoms with van der Waals surface area (Å²) < 4.78 is 5.35. The molecule has 7 heteroatoms. The molecule has 1 aliphatic heterocycles. The lowest BCUT2D eigenvalue weighted by Crippen LogP contribution is -2.48. The Morgan fingerprint density at radius 2 is 1.59 bits per heavy atom. The van der Waals surface area contributed by atoms with Crippen LogP contribution in [0, 0.1) is 6.92 Å². The maximum Gasteiger partial charge on any atom is 0.262 e. The molecule has 0 fully saturated rings. The number of halogens is 1. The van der Waals surface area contributed by atoms with Crippen molar-refractivity contribution >= 4 is 35.0 Å². The fourth-order valence-corrected chi connectivity index (χ4v) is 3.93. The Hall–Kier alpha value is -3.64. The van der Waals surface area contributed by atoms with Crippen LogP contribution in [0.1, 0.15) is 31.8 Å². The van der Waals surface area contributed by atoms with Crippen molar-refractivity contribution in [2.24, 2.45) is 0 Å². The fraction of sp³-hybridized carbons (Fsp3) is 0.160. The Balaban J connectivity index is 1.71. The molecule has 1 atom stereocenters. The summed E-state index contributed by atoms with van der Waals surface area (Å²) in [6.07, 6.45) is 0.174. The van der Waals surface area contributed by atoms with E-state index in [-0.39, 0.29) is 6.42 Å². The van der Waals surface area contributed by atoms with Crippen LogP contribution in [0.15, 0.2) is 66.7 Å². The van der Waals surface area contributed by atoms with E-state index < -0.39 is 23.8 Å². The van der Waals surface area contributed by atoms with Gasteiger partial charge in [0.25, 0.3) is 11.8 Å². The van der Waals surface area contributed by atoms with E-state index in [4.69, 9.17) is 16.3 Å². The SMILES string of the molecule is COc1cc(Cl)c(C)cc1NC(=O)[C@@H](Cc1ccccc1)N1C(=O)c2ccccc2C1=O. The van der Waals surface area contributed by atoms with E-state index in [0.717, 1.165) is 16.0 Å². The molecular weight excluding hydrogens is 428 g/mol. The number of anilines is 1. The molecule has 6 nitrogen and oxygen atoms in total. The molecule has 0 spiro atoms. The van der Waals surface area contributed by atoms with E-state index in [9.17, 15) is 14.4 Å². The Kier molecular flexibility index (Phi) is 5.97. The lowest BCUT2D eigenvalue weighted by atomic mass is 10.0. The number of amides is 3. The molecule has 0 aliphatic carbocycles. The minimum atomic E-state index is -1.05. The zero-order chi connectivity index (χ0) is 22.8. The average Bonchev–Trinajstić information content (AvgIpc) is 3.05. The van der Waals surface area contributed by atoms with Crippen LogP contribution >= 0.6 is 11.6 Å². The highest BCUT2D eigenvalue weighted by molar-refractivity contribution is 6.31. The van der Waals surface area contributed by atoms with E-state index >= 15 is 0 Å². The molecule has 0 saturated heterocycles. The van der Waals surface area contributed by atoms with E-state index in [1.165, 1.54) is 7.11 Å². The fourth-order valence-electron chi connectivity index (χ4n) is 3.78. The van der Waals surface area contributed by atoms with E-state index in [0.29, 0.717) is 27.6 Å². The first-order valence-electron chi connectivity index (χ1n) is 10.1. The third kappa shape index (κ3) is 3.97. The highest BCUT2D eigenvalue weighted by Gasteiger charge is 2.42. The highest BCUT2D eigenvalue weighted by Crippen LogP contribution is 2.32. The van der Waals surface area contributed by atoms with E-state index in [2.05, 4.69) is 5.32 Å². The number of rotatable bonds is 6. The lowest BCUT2D eigenvalue weighted by molar-refractivity contribution is -0.119. The van der Waals surface area contributed by atoms with Gasteiger partial charge in [0.05, 0.1) is 23.9 Å². The van der Waals surface area contributed by atoms with Gasteiger partial charge in [0.1, 0.15) is 11.8 Å². The van der Waals surface area contributed by atoms with Gasteiger partial charge in [-0.15, -0.1) is 0 Å². The molecular formula is C25H21ClN2O4. The number of benzene rings is 3. The topological polar surface area (TPSA) is 75.7 Å². The van der Waals surface area contributed by atoms with Crippen molar-refractivity contribution in [3.05, 3.63) is 94.0 Å². The zero-order valence-corrected chi connectivity index (χ0v) is 18.3. The summed E-state index contributed by atoms with van der Waals surface area (Å²) in [5.41, 5.74) is 2.58. The molecule has 0 aromatic heterocycles. The number of ether oxygens (including phenoxy) is 1. The molecule has 3 amide bonds. The summed E-state index contributed by atoms with van der Waals surface area (Å²) in [7, 11) is 1.47. The summed E-state index contributed by atoms with van der Waals surface area (Å²) >= 11 is 6.17. The molecule has 1 aliphatic rings. The smallest absolute Gasteiger partial charge is 0.262 e. The molecule has 3 aromatic carbocycles. The Labute approximate surface area is 190 Å². The average molecular weight is 449 g/mol. The summed E-state index contributed by atoms with van der Waals surface area (Å²) in [5, 5.41) is 3.33. The Morgan fingerprint density at radius 1 is 1.00 bits per heavy atom. The monoisotopic (exact) mass is 448 g/mol. The minimum Gasteiger partial charge on any atom is -0.495 e. The van der Waals surface area contributed by atoms with Gasteiger partial charge in [-0.2, -0.15) is 0 Å². The maximum absolute atomic E-state index is 13.5. The number of carbonyl (C=O) groups is 3. The molecule has 0 unspecified atom stereocenters. The summed E-state index contributed by atoms with van der Waals surface area (Å²) in [4.78, 5) is 40.7. The number of hydrogen-bond acceptors (Lipinski definition) is 4. The predicted octanol–water partition coefficient (Wildman–Crippen LogP) is 4.50. The van der Waals surface area contributed by atoms with E-state index in [1.807, 2.05) is 37.3 Å². The third-order valence-electron chi connectivity index (χ3n) is 5.45. The Bertz CT molecular complexity index is 1170. The van der Waals surface area contributed by atoms with Crippen LogP contribution in [0.25, 0.3) is 0 Å². The van der Waals surface area contributed by atoms with Crippen LogP contribution in [0.4, 0.5) is 5.69 Å². The number of hydrogen-bond donors (Lipinski definition) is 1. The van der Waals surface area contributed by atoms with Crippen molar-refractivity contribution in [3.8, 4) is 5.75 Å². The van der Waals surface area contributed by atoms with Crippen molar-refractivity contribution in [1.82, 2.24) is 4.90 Å². The van der Waals surface area contributed by atoms with Crippen LogP contribution in [0.3, 0.4) is 0 Å².